The molecule has 130 valence electrons. The molecule has 0 spiro atoms. The van der Waals surface area contributed by atoms with E-state index in [4.69, 9.17) is 0 Å². The van der Waals surface area contributed by atoms with Gasteiger partial charge in [-0.1, -0.05) is 30.3 Å². The third-order valence-corrected chi connectivity index (χ3v) is 5.15. The third kappa shape index (κ3) is 5.54. The summed E-state index contributed by atoms with van der Waals surface area (Å²) in [5, 5.41) is 6.40. The molecule has 0 bridgehead atoms. The van der Waals surface area contributed by atoms with E-state index in [1.54, 1.807) is 0 Å². The number of thioether (sulfide) groups is 1. The molecule has 0 saturated carbocycles. The van der Waals surface area contributed by atoms with Gasteiger partial charge in [0.1, 0.15) is 6.04 Å². The van der Waals surface area contributed by atoms with E-state index in [1.807, 2.05) is 30.0 Å². The summed E-state index contributed by atoms with van der Waals surface area (Å²) < 4.78 is 0. The van der Waals surface area contributed by atoms with E-state index in [0.717, 1.165) is 49.8 Å². The van der Waals surface area contributed by atoms with E-state index >= 15 is 0 Å². The number of hydrogen-bond acceptors (Lipinski definition) is 4. The topological polar surface area (TPSA) is 44.4 Å². The van der Waals surface area contributed by atoms with Crippen molar-refractivity contribution in [3.8, 4) is 0 Å². The first-order valence-corrected chi connectivity index (χ1v) is 8.85. The van der Waals surface area contributed by atoms with Gasteiger partial charge in [-0.3, -0.25) is 9.69 Å². The van der Waals surface area contributed by atoms with Gasteiger partial charge in [0.25, 0.3) is 0 Å². The van der Waals surface area contributed by atoms with Crippen molar-refractivity contribution < 1.29 is 4.79 Å². The highest BCUT2D eigenvalue weighted by molar-refractivity contribution is 7.99. The first-order valence-electron chi connectivity index (χ1n) is 7.70. The van der Waals surface area contributed by atoms with Gasteiger partial charge in [-0.25, -0.2) is 0 Å². The monoisotopic (exact) mass is 377 g/mol. The maximum Gasteiger partial charge on any atom is 0.241 e. The summed E-state index contributed by atoms with van der Waals surface area (Å²) in [5.74, 6) is 2.98. The Hall–Kier alpha value is -0.460. The third-order valence-electron chi connectivity index (χ3n) is 4.21. The van der Waals surface area contributed by atoms with Crippen LogP contribution >= 0.6 is 36.6 Å². The highest BCUT2D eigenvalue weighted by Gasteiger charge is 2.29. The van der Waals surface area contributed by atoms with Gasteiger partial charge in [-0.15, -0.1) is 24.8 Å². The molecule has 0 radical (unpaired) electrons. The minimum absolute atomic E-state index is 0. The molecule has 2 heterocycles. The molecule has 23 heavy (non-hydrogen) atoms. The van der Waals surface area contributed by atoms with Crippen LogP contribution in [0.1, 0.15) is 11.6 Å². The van der Waals surface area contributed by atoms with E-state index in [0.29, 0.717) is 5.92 Å². The lowest BCUT2D eigenvalue weighted by Gasteiger charge is -2.34. The molecule has 1 unspecified atom stereocenters. The lowest BCUT2D eigenvalue weighted by molar-refractivity contribution is -0.126. The van der Waals surface area contributed by atoms with E-state index < -0.39 is 0 Å². The van der Waals surface area contributed by atoms with Gasteiger partial charge in [-0.2, -0.15) is 11.8 Å². The average molecular weight is 378 g/mol. The number of halogens is 2. The van der Waals surface area contributed by atoms with E-state index in [9.17, 15) is 4.79 Å². The number of amides is 1. The number of nitrogens with one attached hydrogen (secondary N) is 2. The van der Waals surface area contributed by atoms with Crippen molar-refractivity contribution in [3.63, 3.8) is 0 Å². The summed E-state index contributed by atoms with van der Waals surface area (Å²) in [6.45, 7) is 4.82. The van der Waals surface area contributed by atoms with Crippen LogP contribution in [0, 0.1) is 5.92 Å². The fourth-order valence-electron chi connectivity index (χ4n) is 2.83. The van der Waals surface area contributed by atoms with Gasteiger partial charge in [0.05, 0.1) is 0 Å². The number of hydrogen-bond donors (Lipinski definition) is 2. The van der Waals surface area contributed by atoms with Gasteiger partial charge in [0.15, 0.2) is 0 Å². The summed E-state index contributed by atoms with van der Waals surface area (Å²) in [6, 6.07) is 10.0. The molecular formula is C16H25Cl2N3OS. The van der Waals surface area contributed by atoms with Gasteiger partial charge in [-0.05, 0) is 5.56 Å². The second-order valence-corrected chi connectivity index (χ2v) is 6.96. The summed E-state index contributed by atoms with van der Waals surface area (Å²) >= 11 is 1.97. The zero-order chi connectivity index (χ0) is 14.5. The van der Waals surface area contributed by atoms with E-state index in [1.165, 1.54) is 0 Å². The van der Waals surface area contributed by atoms with Crippen LogP contribution in [0.2, 0.25) is 0 Å². The van der Waals surface area contributed by atoms with Crippen molar-refractivity contribution in [3.05, 3.63) is 35.9 Å². The molecule has 4 nitrogen and oxygen atoms in total. The first kappa shape index (κ1) is 20.6. The number of benzene rings is 1. The van der Waals surface area contributed by atoms with Gasteiger partial charge >= 0.3 is 0 Å². The molecule has 2 aliphatic rings. The van der Waals surface area contributed by atoms with Crippen molar-refractivity contribution in [2.75, 3.05) is 44.2 Å². The van der Waals surface area contributed by atoms with Crippen molar-refractivity contribution in [1.82, 2.24) is 15.5 Å². The summed E-state index contributed by atoms with van der Waals surface area (Å²) in [5.41, 5.74) is 1.11. The van der Waals surface area contributed by atoms with Crippen LogP contribution in [0.4, 0.5) is 0 Å². The molecule has 0 aliphatic carbocycles. The average Bonchev–Trinajstić information content (AvgIpc) is 2.48. The van der Waals surface area contributed by atoms with Crippen LogP contribution in [0.25, 0.3) is 0 Å². The van der Waals surface area contributed by atoms with Crippen LogP contribution in [-0.4, -0.2) is 55.0 Å². The molecule has 2 fully saturated rings. The van der Waals surface area contributed by atoms with Crippen molar-refractivity contribution >= 4 is 42.5 Å². The lowest BCUT2D eigenvalue weighted by Crippen LogP contribution is -2.50. The van der Waals surface area contributed by atoms with Gasteiger partial charge in [0, 0.05) is 50.1 Å². The van der Waals surface area contributed by atoms with Gasteiger partial charge < -0.3 is 10.6 Å². The van der Waals surface area contributed by atoms with E-state index in [-0.39, 0.29) is 36.8 Å². The van der Waals surface area contributed by atoms with Crippen molar-refractivity contribution in [2.24, 2.45) is 5.92 Å². The zero-order valence-corrected chi connectivity index (χ0v) is 15.5. The smallest absolute Gasteiger partial charge is 0.241 e. The molecule has 2 saturated heterocycles. The number of nitrogens with zero attached hydrogens (tertiary/aromatic N) is 1. The lowest BCUT2D eigenvalue weighted by atomic mass is 10.0. The summed E-state index contributed by atoms with van der Waals surface area (Å²) in [4.78, 5) is 15.0. The largest absolute Gasteiger partial charge is 0.354 e. The molecular weight excluding hydrogens is 353 g/mol. The maximum absolute atomic E-state index is 12.7. The SMILES string of the molecule is Cl.Cl.O=C(NCC1CNC1)C(c1ccccc1)N1CCSCC1. The minimum Gasteiger partial charge on any atom is -0.354 e. The Morgan fingerprint density at radius 1 is 1.22 bits per heavy atom. The first-order chi connectivity index (χ1) is 10.3. The number of carbonyl (C=O) groups is 1. The van der Waals surface area contributed by atoms with Crippen LogP contribution in [0.5, 0.6) is 0 Å². The second-order valence-electron chi connectivity index (χ2n) is 5.73. The number of rotatable bonds is 5. The molecule has 3 rings (SSSR count). The molecule has 1 amide bonds. The Morgan fingerprint density at radius 2 is 1.87 bits per heavy atom. The Balaban J connectivity index is 0.00000132. The van der Waals surface area contributed by atoms with Crippen LogP contribution in [0.15, 0.2) is 30.3 Å². The van der Waals surface area contributed by atoms with Crippen LogP contribution in [-0.2, 0) is 4.79 Å². The Labute approximate surface area is 155 Å². The Kier molecular flexibility index (Phi) is 9.32. The van der Waals surface area contributed by atoms with Crippen molar-refractivity contribution in [2.45, 2.75) is 6.04 Å². The molecule has 2 N–H and O–H groups in total. The molecule has 2 aliphatic heterocycles. The number of carbonyl (C=O) groups excluding carboxylic acids is 1. The molecule has 0 aromatic heterocycles. The zero-order valence-electron chi connectivity index (χ0n) is 13.1. The minimum atomic E-state index is -0.139. The Morgan fingerprint density at radius 3 is 2.43 bits per heavy atom. The van der Waals surface area contributed by atoms with E-state index in [2.05, 4.69) is 27.7 Å². The highest BCUT2D eigenvalue weighted by atomic mass is 35.5. The quantitative estimate of drug-likeness (QED) is 0.822. The highest BCUT2D eigenvalue weighted by Crippen LogP contribution is 2.24. The summed E-state index contributed by atoms with van der Waals surface area (Å²) in [7, 11) is 0. The van der Waals surface area contributed by atoms with Gasteiger partial charge in [0.2, 0.25) is 5.91 Å². The van der Waals surface area contributed by atoms with Crippen LogP contribution < -0.4 is 10.6 Å². The molecule has 7 heteroatoms. The fourth-order valence-corrected chi connectivity index (χ4v) is 3.76. The predicted octanol–water partition coefficient (Wildman–Crippen LogP) is 1.96. The normalized spacial score (nSPS) is 19.7. The summed E-state index contributed by atoms with van der Waals surface area (Å²) in [6.07, 6.45) is 0. The Bertz CT molecular complexity index is 468. The molecule has 1 aromatic rings. The maximum atomic E-state index is 12.7. The predicted molar refractivity (Wildman–Crippen MR) is 102 cm³/mol. The van der Waals surface area contributed by atoms with Crippen molar-refractivity contribution in [1.29, 1.82) is 0 Å². The van der Waals surface area contributed by atoms with Crippen LogP contribution in [0.3, 0.4) is 0 Å². The standard InChI is InChI=1S/C16H23N3OS.2ClH/c20-16(18-12-13-10-17-11-13)15(14-4-2-1-3-5-14)19-6-8-21-9-7-19;;/h1-5,13,15,17H,6-12H2,(H,18,20);2*1H. The second kappa shape index (κ2) is 10.4. The fraction of sp³-hybridized carbons (Fsp3) is 0.562. The molecule has 1 aromatic carbocycles. The molecule has 1 atom stereocenters.